The molecule has 1 rings (SSSR count). The molecule has 0 radical (unpaired) electrons. The summed E-state index contributed by atoms with van der Waals surface area (Å²) in [6, 6.07) is 0. The molecule has 1 saturated carbocycles. The maximum absolute atomic E-state index is 12.0. The molecule has 0 bridgehead atoms. The topological polar surface area (TPSA) is 55.1 Å². The van der Waals surface area contributed by atoms with Crippen molar-refractivity contribution in [2.75, 3.05) is 6.54 Å². The quantitative estimate of drug-likeness (QED) is 0.721. The van der Waals surface area contributed by atoms with Gasteiger partial charge in [-0.25, -0.2) is 0 Å². The summed E-state index contributed by atoms with van der Waals surface area (Å²) in [6.45, 7) is 2.75. The Bertz CT molecular complexity index is 247. The number of hydrogen-bond donors (Lipinski definition) is 2. The molecule has 1 fully saturated rings. The number of amides is 1. The molecule has 4 heteroatoms. The van der Waals surface area contributed by atoms with Crippen LogP contribution >= 0.6 is 12.2 Å². The van der Waals surface area contributed by atoms with Crippen molar-refractivity contribution < 1.29 is 4.79 Å². The summed E-state index contributed by atoms with van der Waals surface area (Å²) in [5, 5.41) is 2.92. The van der Waals surface area contributed by atoms with Crippen molar-refractivity contribution >= 4 is 23.1 Å². The Kier molecular flexibility index (Phi) is 4.51. The molecule has 1 aliphatic rings. The molecule has 0 spiro atoms. The molecular formula is C11H20N2OS. The highest BCUT2D eigenvalue weighted by Crippen LogP contribution is 2.36. The largest absolute Gasteiger partial charge is 0.392 e. The molecule has 1 amide bonds. The molecule has 3 nitrogen and oxygen atoms in total. The molecule has 1 aliphatic carbocycles. The third-order valence-corrected chi connectivity index (χ3v) is 3.54. The van der Waals surface area contributed by atoms with Gasteiger partial charge in [0.2, 0.25) is 5.91 Å². The lowest BCUT2D eigenvalue weighted by atomic mass is 9.73. The summed E-state index contributed by atoms with van der Waals surface area (Å²) >= 11 is 5.07. The van der Waals surface area contributed by atoms with E-state index in [2.05, 4.69) is 5.32 Å². The second kappa shape index (κ2) is 5.45. The van der Waals surface area contributed by atoms with E-state index in [1.54, 1.807) is 0 Å². The van der Waals surface area contributed by atoms with Gasteiger partial charge in [0.05, 0.1) is 10.4 Å². The number of carbonyl (C=O) groups is 1. The molecule has 0 aromatic carbocycles. The number of carbonyl (C=O) groups excluding carboxylic acids is 1. The van der Waals surface area contributed by atoms with Crippen molar-refractivity contribution in [3.8, 4) is 0 Å². The first-order valence-electron chi connectivity index (χ1n) is 5.71. The molecule has 3 N–H and O–H groups in total. The lowest BCUT2D eigenvalue weighted by Crippen LogP contribution is -2.50. The van der Waals surface area contributed by atoms with Gasteiger partial charge in [-0.1, -0.05) is 38.4 Å². The summed E-state index contributed by atoms with van der Waals surface area (Å²) in [5.74, 6) is 0.0385. The van der Waals surface area contributed by atoms with Gasteiger partial charge in [-0.05, 0) is 19.3 Å². The van der Waals surface area contributed by atoms with E-state index in [1.807, 2.05) is 6.92 Å². The first-order valence-corrected chi connectivity index (χ1v) is 6.12. The number of nitrogens with two attached hydrogens (primary N) is 1. The summed E-state index contributed by atoms with van der Waals surface area (Å²) < 4.78 is 0. The van der Waals surface area contributed by atoms with Crippen molar-refractivity contribution in [1.82, 2.24) is 5.32 Å². The monoisotopic (exact) mass is 228 g/mol. The fraction of sp³-hybridized carbons (Fsp3) is 0.818. The van der Waals surface area contributed by atoms with Crippen LogP contribution in [-0.4, -0.2) is 17.4 Å². The molecule has 0 unspecified atom stereocenters. The van der Waals surface area contributed by atoms with Crippen molar-refractivity contribution in [2.24, 2.45) is 11.1 Å². The van der Waals surface area contributed by atoms with Crippen LogP contribution in [0.4, 0.5) is 0 Å². The van der Waals surface area contributed by atoms with Crippen LogP contribution in [0.25, 0.3) is 0 Å². The van der Waals surface area contributed by atoms with Gasteiger partial charge < -0.3 is 11.1 Å². The van der Waals surface area contributed by atoms with Crippen LogP contribution in [-0.2, 0) is 4.79 Å². The zero-order valence-corrected chi connectivity index (χ0v) is 10.2. The lowest BCUT2D eigenvalue weighted by molar-refractivity contribution is -0.128. The van der Waals surface area contributed by atoms with E-state index in [1.165, 1.54) is 6.42 Å². The van der Waals surface area contributed by atoms with Gasteiger partial charge >= 0.3 is 0 Å². The first kappa shape index (κ1) is 12.4. The Morgan fingerprint density at radius 2 is 2.00 bits per heavy atom. The Morgan fingerprint density at radius 3 is 2.47 bits per heavy atom. The molecule has 15 heavy (non-hydrogen) atoms. The molecule has 0 aromatic rings. The van der Waals surface area contributed by atoms with Crippen LogP contribution in [0.15, 0.2) is 0 Å². The normalized spacial score (nSPS) is 19.5. The van der Waals surface area contributed by atoms with Gasteiger partial charge in [-0.3, -0.25) is 4.79 Å². The zero-order chi connectivity index (χ0) is 11.3. The van der Waals surface area contributed by atoms with Crippen molar-refractivity contribution in [3.05, 3.63) is 0 Å². The number of hydrogen-bond acceptors (Lipinski definition) is 2. The van der Waals surface area contributed by atoms with E-state index >= 15 is 0 Å². The van der Waals surface area contributed by atoms with Gasteiger partial charge in [0.25, 0.3) is 0 Å². The molecule has 86 valence electrons. The van der Waals surface area contributed by atoms with Crippen LogP contribution in [0.1, 0.15) is 45.4 Å². The summed E-state index contributed by atoms with van der Waals surface area (Å²) in [5.41, 5.74) is 5.19. The molecule has 0 atom stereocenters. The number of rotatable bonds is 4. The summed E-state index contributed by atoms with van der Waals surface area (Å²) in [4.78, 5) is 12.4. The van der Waals surface area contributed by atoms with Crippen molar-refractivity contribution in [2.45, 2.75) is 45.4 Å². The van der Waals surface area contributed by atoms with E-state index in [0.29, 0.717) is 11.5 Å². The van der Waals surface area contributed by atoms with Crippen LogP contribution in [0, 0.1) is 5.41 Å². The summed E-state index contributed by atoms with van der Waals surface area (Å²) in [7, 11) is 0. The Hall–Kier alpha value is -0.640. The molecule has 0 heterocycles. The standard InChI is InChI=1S/C11H20N2OS/c1-2-8-13-10(14)11(9(12)15)6-4-3-5-7-11/h2-8H2,1H3,(H2,12,15)(H,13,14). The highest BCUT2D eigenvalue weighted by molar-refractivity contribution is 7.80. The fourth-order valence-corrected chi connectivity index (χ4v) is 2.45. The second-order valence-corrected chi connectivity index (χ2v) is 4.70. The fourth-order valence-electron chi connectivity index (χ4n) is 2.15. The van der Waals surface area contributed by atoms with E-state index in [4.69, 9.17) is 18.0 Å². The Balaban J connectivity index is 2.71. The minimum atomic E-state index is -0.553. The number of thiocarbonyl (C=S) groups is 1. The maximum atomic E-state index is 12.0. The van der Waals surface area contributed by atoms with Gasteiger partial charge in [0.1, 0.15) is 0 Å². The van der Waals surface area contributed by atoms with E-state index in [-0.39, 0.29) is 5.91 Å². The Labute approximate surface area is 96.8 Å². The van der Waals surface area contributed by atoms with Crippen LogP contribution < -0.4 is 11.1 Å². The predicted octanol–water partition coefficient (Wildman–Crippen LogP) is 1.75. The van der Waals surface area contributed by atoms with Gasteiger partial charge in [-0.15, -0.1) is 0 Å². The third-order valence-electron chi connectivity index (χ3n) is 3.15. The van der Waals surface area contributed by atoms with E-state index in [0.717, 1.165) is 32.1 Å². The summed E-state index contributed by atoms with van der Waals surface area (Å²) in [6.07, 6.45) is 5.87. The highest BCUT2D eigenvalue weighted by Gasteiger charge is 2.41. The molecule has 0 saturated heterocycles. The average Bonchev–Trinajstić information content (AvgIpc) is 2.26. The second-order valence-electron chi connectivity index (χ2n) is 4.26. The molecule has 0 aliphatic heterocycles. The van der Waals surface area contributed by atoms with E-state index in [9.17, 15) is 4.79 Å². The average molecular weight is 228 g/mol. The third kappa shape index (κ3) is 2.68. The molecular weight excluding hydrogens is 208 g/mol. The number of nitrogens with one attached hydrogen (secondary N) is 1. The van der Waals surface area contributed by atoms with Gasteiger partial charge in [-0.2, -0.15) is 0 Å². The van der Waals surface area contributed by atoms with Crippen LogP contribution in [0.5, 0.6) is 0 Å². The molecule has 0 aromatic heterocycles. The van der Waals surface area contributed by atoms with Crippen molar-refractivity contribution in [1.29, 1.82) is 0 Å². The van der Waals surface area contributed by atoms with Gasteiger partial charge in [0, 0.05) is 6.54 Å². The zero-order valence-electron chi connectivity index (χ0n) is 9.34. The van der Waals surface area contributed by atoms with Crippen LogP contribution in [0.2, 0.25) is 0 Å². The lowest BCUT2D eigenvalue weighted by Gasteiger charge is -2.34. The highest BCUT2D eigenvalue weighted by atomic mass is 32.1. The minimum absolute atomic E-state index is 0.0385. The maximum Gasteiger partial charge on any atom is 0.233 e. The van der Waals surface area contributed by atoms with Gasteiger partial charge in [0.15, 0.2) is 0 Å². The van der Waals surface area contributed by atoms with E-state index < -0.39 is 5.41 Å². The predicted molar refractivity (Wildman–Crippen MR) is 65.6 cm³/mol. The SMILES string of the molecule is CCCNC(=O)C1(C(N)=S)CCCCC1. The smallest absolute Gasteiger partial charge is 0.233 e. The minimum Gasteiger partial charge on any atom is -0.392 e. The Morgan fingerprint density at radius 1 is 1.40 bits per heavy atom. The van der Waals surface area contributed by atoms with Crippen molar-refractivity contribution in [3.63, 3.8) is 0 Å². The first-order chi connectivity index (χ1) is 7.13. The van der Waals surface area contributed by atoms with Crippen LogP contribution in [0.3, 0.4) is 0 Å².